The van der Waals surface area contributed by atoms with Crippen LogP contribution in [0.5, 0.6) is 0 Å². The molecule has 0 bridgehead atoms. The second kappa shape index (κ2) is 11.0. The van der Waals surface area contributed by atoms with Gasteiger partial charge >= 0.3 is 6.18 Å². The Bertz CT molecular complexity index is 1180. The van der Waals surface area contributed by atoms with E-state index in [1.165, 1.54) is 6.07 Å². The largest absolute Gasteiger partial charge is 0.416 e. The third kappa shape index (κ3) is 5.55. The molecule has 1 aliphatic carbocycles. The summed E-state index contributed by atoms with van der Waals surface area (Å²) in [5, 5.41) is 3.05. The number of hydrogen-bond donors (Lipinski definition) is 2. The highest BCUT2D eigenvalue weighted by Crippen LogP contribution is 2.41. The molecule has 4 rings (SSSR count). The van der Waals surface area contributed by atoms with E-state index in [-0.39, 0.29) is 17.9 Å². The maximum Gasteiger partial charge on any atom is 0.416 e. The standard InChI is InChI=1S/C28H36F3N5O2/c1-17-34-21(19-11-7-12-20(15-19)28(29,30)31)16-22(35-17)23-13-8-14-36(23)25(37)24(18-9-5-4-6-10-18)27(2,33-3)26(32)38/h7,11-12,15-16,18,23-24,33H,4-6,8-10,13-14H2,1-3H3,(H2,32,38)/t23-,24+,27?/m0/s1. The molecule has 206 valence electrons. The highest BCUT2D eigenvalue weighted by molar-refractivity contribution is 5.93. The third-order valence-electron chi connectivity index (χ3n) is 8.26. The lowest BCUT2D eigenvalue weighted by Gasteiger charge is -2.42. The second-order valence-corrected chi connectivity index (χ2v) is 10.7. The van der Waals surface area contributed by atoms with Gasteiger partial charge in [0.15, 0.2) is 0 Å². The molecule has 0 spiro atoms. The Morgan fingerprint density at radius 2 is 1.79 bits per heavy atom. The van der Waals surface area contributed by atoms with Crippen molar-refractivity contribution in [1.82, 2.24) is 20.2 Å². The van der Waals surface area contributed by atoms with Crippen LogP contribution in [0.3, 0.4) is 0 Å². The highest BCUT2D eigenvalue weighted by Gasteiger charge is 2.50. The number of benzene rings is 1. The average molecular weight is 532 g/mol. The van der Waals surface area contributed by atoms with Gasteiger partial charge in [-0.25, -0.2) is 9.97 Å². The summed E-state index contributed by atoms with van der Waals surface area (Å²) in [7, 11) is 1.66. The van der Waals surface area contributed by atoms with Gasteiger partial charge in [0, 0.05) is 12.1 Å². The number of aromatic nitrogens is 2. The van der Waals surface area contributed by atoms with Crippen LogP contribution in [-0.4, -0.2) is 45.8 Å². The van der Waals surface area contributed by atoms with Crippen molar-refractivity contribution >= 4 is 11.8 Å². The number of nitrogens with one attached hydrogen (secondary N) is 1. The minimum atomic E-state index is -4.47. The molecule has 1 aliphatic heterocycles. The predicted molar refractivity (Wildman–Crippen MR) is 138 cm³/mol. The lowest BCUT2D eigenvalue weighted by Crippen LogP contribution is -2.63. The topological polar surface area (TPSA) is 101 Å². The van der Waals surface area contributed by atoms with E-state index >= 15 is 0 Å². The number of carbonyl (C=O) groups excluding carboxylic acids is 2. The number of nitrogens with zero attached hydrogens (tertiary/aromatic N) is 3. The lowest BCUT2D eigenvalue weighted by molar-refractivity contribution is -0.147. The zero-order chi connectivity index (χ0) is 27.7. The molecule has 3 N–H and O–H groups in total. The zero-order valence-corrected chi connectivity index (χ0v) is 22.1. The number of likely N-dealkylation sites (tertiary alicyclic amines) is 1. The molecule has 0 radical (unpaired) electrons. The Labute approximate surface area is 221 Å². The quantitative estimate of drug-likeness (QED) is 0.535. The fraction of sp³-hybridized carbons (Fsp3) is 0.571. The fourth-order valence-electron chi connectivity index (χ4n) is 6.10. The van der Waals surface area contributed by atoms with Gasteiger partial charge in [0.25, 0.3) is 0 Å². The monoisotopic (exact) mass is 531 g/mol. The molecule has 7 nitrogen and oxygen atoms in total. The first kappa shape index (κ1) is 28.0. The summed E-state index contributed by atoms with van der Waals surface area (Å²) < 4.78 is 40.0. The van der Waals surface area contributed by atoms with Gasteiger partial charge in [-0.15, -0.1) is 0 Å². The number of aryl methyl sites for hydroxylation is 1. The third-order valence-corrected chi connectivity index (χ3v) is 8.26. The summed E-state index contributed by atoms with van der Waals surface area (Å²) in [5.41, 5.74) is 5.18. The maximum atomic E-state index is 14.2. The predicted octanol–water partition coefficient (Wildman–Crippen LogP) is 4.79. The van der Waals surface area contributed by atoms with Crippen LogP contribution >= 0.6 is 0 Å². The summed E-state index contributed by atoms with van der Waals surface area (Å²) in [6.07, 6.45) is 1.76. The molecular formula is C28H36F3N5O2. The first-order valence-corrected chi connectivity index (χ1v) is 13.3. The van der Waals surface area contributed by atoms with Crippen LogP contribution in [0.25, 0.3) is 11.3 Å². The summed E-state index contributed by atoms with van der Waals surface area (Å²) in [6.45, 7) is 3.91. The molecule has 2 aromatic rings. The van der Waals surface area contributed by atoms with Crippen molar-refractivity contribution in [3.05, 3.63) is 47.4 Å². The number of carbonyl (C=O) groups is 2. The number of likely N-dealkylation sites (N-methyl/N-ethyl adjacent to an activating group) is 1. The molecule has 2 aliphatic rings. The number of alkyl halides is 3. The number of rotatable bonds is 7. The number of amides is 2. The van der Waals surface area contributed by atoms with E-state index in [9.17, 15) is 22.8 Å². The highest BCUT2D eigenvalue weighted by atomic mass is 19.4. The van der Waals surface area contributed by atoms with Gasteiger partial charge in [0.05, 0.1) is 28.9 Å². The van der Waals surface area contributed by atoms with E-state index in [1.807, 2.05) is 0 Å². The van der Waals surface area contributed by atoms with Crippen LogP contribution in [-0.2, 0) is 15.8 Å². The van der Waals surface area contributed by atoms with Crippen molar-refractivity contribution in [1.29, 1.82) is 0 Å². The molecule has 1 aromatic heterocycles. The van der Waals surface area contributed by atoms with Gasteiger partial charge in [0.2, 0.25) is 11.8 Å². The van der Waals surface area contributed by atoms with Crippen molar-refractivity contribution in [3.63, 3.8) is 0 Å². The Kier molecular flexibility index (Phi) is 8.11. The van der Waals surface area contributed by atoms with E-state index in [0.717, 1.165) is 50.7 Å². The van der Waals surface area contributed by atoms with Crippen LogP contribution in [0, 0.1) is 18.8 Å². The van der Waals surface area contributed by atoms with E-state index in [1.54, 1.807) is 37.9 Å². The Morgan fingerprint density at radius 1 is 1.08 bits per heavy atom. The van der Waals surface area contributed by atoms with Crippen LogP contribution in [0.1, 0.15) is 75.0 Å². The maximum absolute atomic E-state index is 14.2. The molecule has 2 heterocycles. The Morgan fingerprint density at radius 3 is 2.42 bits per heavy atom. The first-order chi connectivity index (χ1) is 18.0. The second-order valence-electron chi connectivity index (χ2n) is 10.7. The molecule has 1 saturated heterocycles. The van der Waals surface area contributed by atoms with Crippen LogP contribution < -0.4 is 11.1 Å². The number of hydrogen-bond acceptors (Lipinski definition) is 5. The molecule has 1 aromatic carbocycles. The molecular weight excluding hydrogens is 495 g/mol. The molecule has 2 amide bonds. The van der Waals surface area contributed by atoms with Gasteiger partial charge in [0.1, 0.15) is 11.4 Å². The van der Waals surface area contributed by atoms with Crippen molar-refractivity contribution in [2.75, 3.05) is 13.6 Å². The van der Waals surface area contributed by atoms with E-state index in [0.29, 0.717) is 35.7 Å². The minimum Gasteiger partial charge on any atom is -0.368 e. The molecule has 10 heteroatoms. The average Bonchev–Trinajstić information content (AvgIpc) is 3.38. The van der Waals surface area contributed by atoms with Gasteiger partial charge in [-0.3, -0.25) is 9.59 Å². The Balaban J connectivity index is 1.70. The van der Waals surface area contributed by atoms with Crippen LogP contribution in [0.2, 0.25) is 0 Å². The van der Waals surface area contributed by atoms with Gasteiger partial charge in [-0.05, 0) is 70.7 Å². The fourth-order valence-corrected chi connectivity index (χ4v) is 6.10. The molecule has 38 heavy (non-hydrogen) atoms. The first-order valence-electron chi connectivity index (χ1n) is 13.3. The van der Waals surface area contributed by atoms with Gasteiger partial charge in [-0.1, -0.05) is 31.4 Å². The van der Waals surface area contributed by atoms with Crippen molar-refractivity contribution < 1.29 is 22.8 Å². The zero-order valence-electron chi connectivity index (χ0n) is 22.1. The van der Waals surface area contributed by atoms with Gasteiger partial charge in [-0.2, -0.15) is 13.2 Å². The van der Waals surface area contributed by atoms with Gasteiger partial charge < -0.3 is 16.0 Å². The number of primary amides is 1. The smallest absolute Gasteiger partial charge is 0.368 e. The SMILES string of the molecule is CNC(C)(C(N)=O)[C@@H](C(=O)N1CCC[C@H]1c1cc(-c2cccc(C(F)(F)F)c2)nc(C)n1)C1CCCCC1. The van der Waals surface area contributed by atoms with E-state index < -0.39 is 29.1 Å². The molecule has 1 saturated carbocycles. The summed E-state index contributed by atoms with van der Waals surface area (Å²) >= 11 is 0. The van der Waals surface area contributed by atoms with Crippen molar-refractivity contribution in [2.24, 2.45) is 17.6 Å². The molecule has 3 atom stereocenters. The van der Waals surface area contributed by atoms with Crippen LogP contribution in [0.15, 0.2) is 30.3 Å². The normalized spacial score (nSPS) is 21.2. The number of halogens is 3. The van der Waals surface area contributed by atoms with Crippen molar-refractivity contribution in [2.45, 2.75) is 76.6 Å². The van der Waals surface area contributed by atoms with Crippen molar-refractivity contribution in [3.8, 4) is 11.3 Å². The number of nitrogens with two attached hydrogens (primary N) is 1. The van der Waals surface area contributed by atoms with E-state index in [4.69, 9.17) is 5.73 Å². The molecule has 1 unspecified atom stereocenters. The molecule has 2 fully saturated rings. The van der Waals surface area contributed by atoms with Crippen LogP contribution in [0.4, 0.5) is 13.2 Å². The lowest BCUT2D eigenvalue weighted by atomic mass is 9.69. The summed E-state index contributed by atoms with van der Waals surface area (Å²) in [4.78, 5) is 37.7. The minimum absolute atomic E-state index is 0.0234. The Hall–Kier alpha value is -3.01. The summed E-state index contributed by atoms with van der Waals surface area (Å²) in [5.74, 6) is -0.890. The summed E-state index contributed by atoms with van der Waals surface area (Å²) in [6, 6.07) is 6.36. The van der Waals surface area contributed by atoms with E-state index in [2.05, 4.69) is 15.3 Å².